The Kier molecular flexibility index (Phi) is 4.51. The maximum atomic E-state index is 13.2. The normalized spacial score (nSPS) is 15.2. The second kappa shape index (κ2) is 6.90. The molecule has 0 saturated carbocycles. The van der Waals surface area contributed by atoms with Crippen molar-refractivity contribution in [3.8, 4) is 11.1 Å². The summed E-state index contributed by atoms with van der Waals surface area (Å²) in [6.07, 6.45) is 0. The van der Waals surface area contributed by atoms with E-state index in [0.29, 0.717) is 5.56 Å². The number of carbonyl (C=O) groups excluding carboxylic acids is 1. The van der Waals surface area contributed by atoms with E-state index in [0.717, 1.165) is 21.0 Å². The minimum absolute atomic E-state index is 0.0231. The molecule has 0 radical (unpaired) electrons. The average Bonchev–Trinajstić information content (AvgIpc) is 2.73. The van der Waals surface area contributed by atoms with Gasteiger partial charge in [0.05, 0.1) is 4.90 Å². The zero-order chi connectivity index (χ0) is 20.8. The van der Waals surface area contributed by atoms with Crippen LogP contribution in [0.2, 0.25) is 0 Å². The number of Topliss-reactive ketones (excluding diaryl/α,β-unsaturated/α-hetero) is 1. The van der Waals surface area contributed by atoms with Crippen LogP contribution in [0.5, 0.6) is 0 Å². The third-order valence-electron chi connectivity index (χ3n) is 5.01. The van der Waals surface area contributed by atoms with E-state index in [9.17, 15) is 18.3 Å². The SMILES string of the molecule is Cc1cccc(-c2cccc(C(=O)C3=C(O)c4ccccc4S(=O)(=O)N3C)c2)c1. The van der Waals surface area contributed by atoms with Gasteiger partial charge >= 0.3 is 0 Å². The second-order valence-electron chi connectivity index (χ2n) is 6.95. The van der Waals surface area contributed by atoms with Crippen molar-refractivity contribution in [1.29, 1.82) is 0 Å². The van der Waals surface area contributed by atoms with E-state index in [1.165, 1.54) is 19.2 Å². The number of sulfonamides is 1. The molecule has 0 atom stereocenters. The fourth-order valence-corrected chi connectivity index (χ4v) is 4.88. The first-order valence-corrected chi connectivity index (χ1v) is 10.5. The van der Waals surface area contributed by atoms with Gasteiger partial charge in [0.1, 0.15) is 5.70 Å². The summed E-state index contributed by atoms with van der Waals surface area (Å²) in [4.78, 5) is 13.2. The minimum atomic E-state index is -3.93. The summed E-state index contributed by atoms with van der Waals surface area (Å²) in [6.45, 7) is 1.99. The topological polar surface area (TPSA) is 74.7 Å². The molecule has 0 spiro atoms. The van der Waals surface area contributed by atoms with Gasteiger partial charge in [-0.05, 0) is 36.2 Å². The van der Waals surface area contributed by atoms with Gasteiger partial charge in [-0.3, -0.25) is 9.10 Å². The molecule has 3 aromatic rings. The van der Waals surface area contributed by atoms with E-state index in [-0.39, 0.29) is 21.9 Å². The Balaban J connectivity index is 1.84. The number of hydrogen-bond donors (Lipinski definition) is 1. The molecule has 1 heterocycles. The Morgan fingerprint density at radius 2 is 1.55 bits per heavy atom. The van der Waals surface area contributed by atoms with Gasteiger partial charge in [-0.25, -0.2) is 8.42 Å². The Bertz CT molecular complexity index is 1280. The molecule has 6 heteroatoms. The lowest BCUT2D eigenvalue weighted by Crippen LogP contribution is -2.35. The van der Waals surface area contributed by atoms with E-state index in [1.54, 1.807) is 30.3 Å². The van der Waals surface area contributed by atoms with Crippen LogP contribution in [0, 0.1) is 6.92 Å². The van der Waals surface area contributed by atoms with Crippen LogP contribution in [-0.4, -0.2) is 30.7 Å². The van der Waals surface area contributed by atoms with Gasteiger partial charge in [0, 0.05) is 18.2 Å². The van der Waals surface area contributed by atoms with Gasteiger partial charge in [-0.2, -0.15) is 0 Å². The van der Waals surface area contributed by atoms with E-state index < -0.39 is 15.8 Å². The monoisotopic (exact) mass is 405 g/mol. The molecule has 3 aromatic carbocycles. The van der Waals surface area contributed by atoms with Crippen molar-refractivity contribution in [2.75, 3.05) is 7.05 Å². The molecule has 0 aromatic heterocycles. The molecule has 1 N–H and O–H groups in total. The summed E-state index contributed by atoms with van der Waals surface area (Å²) >= 11 is 0. The van der Waals surface area contributed by atoms with Crippen molar-refractivity contribution < 1.29 is 18.3 Å². The van der Waals surface area contributed by atoms with Crippen LogP contribution in [0.3, 0.4) is 0 Å². The molecule has 0 saturated heterocycles. The lowest BCUT2D eigenvalue weighted by atomic mass is 9.98. The van der Waals surface area contributed by atoms with Gasteiger partial charge in [0.15, 0.2) is 5.76 Å². The highest BCUT2D eigenvalue weighted by Crippen LogP contribution is 2.36. The van der Waals surface area contributed by atoms with E-state index in [4.69, 9.17) is 0 Å². The molecule has 29 heavy (non-hydrogen) atoms. The number of benzene rings is 3. The zero-order valence-electron chi connectivity index (χ0n) is 16.0. The first-order chi connectivity index (χ1) is 13.8. The third kappa shape index (κ3) is 3.11. The molecule has 0 unspecified atom stereocenters. The van der Waals surface area contributed by atoms with Crippen molar-refractivity contribution in [3.63, 3.8) is 0 Å². The van der Waals surface area contributed by atoms with Crippen LogP contribution < -0.4 is 0 Å². The van der Waals surface area contributed by atoms with Crippen molar-refractivity contribution in [2.45, 2.75) is 11.8 Å². The highest BCUT2D eigenvalue weighted by atomic mass is 32.2. The predicted octanol–water partition coefficient (Wildman–Crippen LogP) is 4.41. The van der Waals surface area contributed by atoms with Crippen LogP contribution in [-0.2, 0) is 10.0 Å². The fraction of sp³-hybridized carbons (Fsp3) is 0.0870. The summed E-state index contributed by atoms with van der Waals surface area (Å²) in [6, 6.07) is 20.9. The van der Waals surface area contributed by atoms with E-state index in [1.807, 2.05) is 37.3 Å². The molecule has 1 aliphatic heterocycles. The summed E-state index contributed by atoms with van der Waals surface area (Å²) in [5.41, 5.74) is 3.05. The second-order valence-corrected chi connectivity index (χ2v) is 8.88. The highest BCUT2D eigenvalue weighted by Gasteiger charge is 2.37. The molecular formula is C23H19NO4S. The quantitative estimate of drug-likeness (QED) is 0.655. The number of ketones is 1. The maximum Gasteiger partial charge on any atom is 0.265 e. The molecular weight excluding hydrogens is 386 g/mol. The standard InChI is InChI=1S/C23H19NO4S/c1-15-7-5-8-16(13-15)17-9-6-10-18(14-17)22(25)21-23(26)19-11-3-4-12-20(19)29(27,28)24(21)2/h3-14,26H,1-2H3. The first kappa shape index (κ1) is 19.0. The maximum absolute atomic E-state index is 13.2. The molecule has 0 fully saturated rings. The zero-order valence-corrected chi connectivity index (χ0v) is 16.8. The van der Waals surface area contributed by atoms with E-state index >= 15 is 0 Å². The fourth-order valence-electron chi connectivity index (χ4n) is 3.48. The number of allylic oxidation sites excluding steroid dienone is 1. The van der Waals surface area contributed by atoms with Crippen molar-refractivity contribution in [2.24, 2.45) is 0 Å². The Labute approximate surface area is 169 Å². The number of hydrogen-bond acceptors (Lipinski definition) is 4. The molecule has 146 valence electrons. The van der Waals surface area contributed by atoms with Gasteiger partial charge in [-0.15, -0.1) is 0 Å². The number of nitrogens with zero attached hydrogens (tertiary/aromatic N) is 1. The Morgan fingerprint density at radius 1 is 0.897 bits per heavy atom. The number of rotatable bonds is 3. The third-order valence-corrected chi connectivity index (χ3v) is 6.83. The molecule has 4 rings (SSSR count). The Morgan fingerprint density at radius 3 is 2.28 bits per heavy atom. The first-order valence-electron chi connectivity index (χ1n) is 9.04. The number of carbonyl (C=O) groups is 1. The minimum Gasteiger partial charge on any atom is -0.505 e. The molecule has 0 aliphatic carbocycles. The molecule has 5 nitrogen and oxygen atoms in total. The average molecular weight is 405 g/mol. The molecule has 0 amide bonds. The smallest absolute Gasteiger partial charge is 0.265 e. The Hall–Kier alpha value is -3.38. The lowest BCUT2D eigenvalue weighted by molar-refractivity contribution is 0.101. The van der Waals surface area contributed by atoms with Gasteiger partial charge in [0.25, 0.3) is 10.0 Å². The van der Waals surface area contributed by atoms with Gasteiger partial charge in [-0.1, -0.05) is 60.2 Å². The van der Waals surface area contributed by atoms with Gasteiger partial charge < -0.3 is 5.11 Å². The molecule has 0 bridgehead atoms. The van der Waals surface area contributed by atoms with Crippen molar-refractivity contribution >= 4 is 21.6 Å². The number of aliphatic hydroxyl groups is 1. The van der Waals surface area contributed by atoms with Crippen molar-refractivity contribution in [3.05, 3.63) is 95.2 Å². The van der Waals surface area contributed by atoms with Crippen LogP contribution in [0.15, 0.2) is 83.4 Å². The number of aliphatic hydroxyl groups excluding tert-OH is 1. The molecule has 1 aliphatic rings. The van der Waals surface area contributed by atoms with Crippen molar-refractivity contribution in [1.82, 2.24) is 4.31 Å². The van der Waals surface area contributed by atoms with Crippen LogP contribution in [0.4, 0.5) is 0 Å². The van der Waals surface area contributed by atoms with Gasteiger partial charge in [0.2, 0.25) is 5.78 Å². The van der Waals surface area contributed by atoms with E-state index in [2.05, 4.69) is 0 Å². The van der Waals surface area contributed by atoms with Crippen LogP contribution in [0.1, 0.15) is 21.5 Å². The van der Waals surface area contributed by atoms with Crippen LogP contribution >= 0.6 is 0 Å². The summed E-state index contributed by atoms with van der Waals surface area (Å²) < 4.78 is 26.6. The largest absolute Gasteiger partial charge is 0.505 e. The van der Waals surface area contributed by atoms with Crippen LogP contribution in [0.25, 0.3) is 16.9 Å². The lowest BCUT2D eigenvalue weighted by Gasteiger charge is -2.28. The highest BCUT2D eigenvalue weighted by molar-refractivity contribution is 7.89. The number of likely N-dealkylation sites (N-methyl/N-ethyl adjacent to an activating group) is 1. The number of fused-ring (bicyclic) bond motifs is 1. The summed E-state index contributed by atoms with van der Waals surface area (Å²) in [5, 5.41) is 10.7. The summed E-state index contributed by atoms with van der Waals surface area (Å²) in [7, 11) is -2.65. The number of aryl methyl sites for hydroxylation is 1. The predicted molar refractivity (Wildman–Crippen MR) is 112 cm³/mol. The summed E-state index contributed by atoms with van der Waals surface area (Å²) in [5.74, 6) is -0.901.